The Morgan fingerprint density at radius 3 is 2.43 bits per heavy atom. The number of para-hydroxylation sites is 2. The fourth-order valence-electron chi connectivity index (χ4n) is 1.79. The third-order valence-corrected chi connectivity index (χ3v) is 3.72. The van der Waals surface area contributed by atoms with Crippen molar-refractivity contribution in [2.24, 2.45) is 0 Å². The number of hydrogen-bond acceptors (Lipinski definition) is 4. The van der Waals surface area contributed by atoms with Crippen LogP contribution in [-0.2, 0) is 9.53 Å². The largest absolute Gasteiger partial charge is 0.449 e. The Bertz CT molecular complexity index is 750. The number of ether oxygens (including phenoxy) is 1. The average Bonchev–Trinajstić information content (AvgIpc) is 2.52. The third-order valence-electron chi connectivity index (χ3n) is 3.06. The van der Waals surface area contributed by atoms with Crippen LogP contribution in [0.15, 0.2) is 42.5 Å². The zero-order chi connectivity index (χ0) is 17.0. The molecule has 120 valence electrons. The molecule has 0 aliphatic heterocycles. The summed E-state index contributed by atoms with van der Waals surface area (Å²) in [6.45, 7) is 1.45. The Morgan fingerprint density at radius 1 is 1.09 bits per heavy atom. The SMILES string of the molecule is C[C@H](OC(=O)c1cccc(Cl)c1N)C(=O)Nc1ccccc1Cl. The molecule has 0 aliphatic rings. The summed E-state index contributed by atoms with van der Waals surface area (Å²) in [5.74, 6) is -1.24. The molecular formula is C16H14Cl2N2O3. The number of amides is 1. The number of nitrogens with one attached hydrogen (secondary N) is 1. The van der Waals surface area contributed by atoms with Crippen molar-refractivity contribution in [1.29, 1.82) is 0 Å². The number of halogens is 2. The smallest absolute Gasteiger partial charge is 0.341 e. The lowest BCUT2D eigenvalue weighted by Gasteiger charge is -2.15. The first-order chi connectivity index (χ1) is 10.9. The van der Waals surface area contributed by atoms with E-state index in [-0.39, 0.29) is 16.3 Å². The molecule has 0 spiro atoms. The van der Waals surface area contributed by atoms with Crippen molar-refractivity contribution in [2.45, 2.75) is 13.0 Å². The van der Waals surface area contributed by atoms with Crippen LogP contribution in [0, 0.1) is 0 Å². The molecule has 0 radical (unpaired) electrons. The Kier molecular flexibility index (Phi) is 5.47. The molecule has 2 aromatic rings. The van der Waals surface area contributed by atoms with Gasteiger partial charge < -0.3 is 15.8 Å². The molecule has 23 heavy (non-hydrogen) atoms. The maximum atomic E-state index is 12.1. The average molecular weight is 353 g/mol. The second-order valence-corrected chi connectivity index (χ2v) is 5.53. The second kappa shape index (κ2) is 7.35. The molecule has 0 bridgehead atoms. The molecule has 2 rings (SSSR count). The number of carbonyl (C=O) groups excluding carboxylic acids is 2. The monoisotopic (exact) mass is 352 g/mol. The number of carbonyl (C=O) groups is 2. The predicted molar refractivity (Wildman–Crippen MR) is 90.8 cm³/mol. The number of hydrogen-bond donors (Lipinski definition) is 2. The summed E-state index contributed by atoms with van der Waals surface area (Å²) in [7, 11) is 0. The van der Waals surface area contributed by atoms with Gasteiger partial charge in [0.25, 0.3) is 5.91 Å². The van der Waals surface area contributed by atoms with Crippen LogP contribution in [0.4, 0.5) is 11.4 Å². The van der Waals surface area contributed by atoms with Gasteiger partial charge in [-0.25, -0.2) is 4.79 Å². The van der Waals surface area contributed by atoms with Gasteiger partial charge in [0.05, 0.1) is 27.0 Å². The molecule has 1 atom stereocenters. The number of nitrogens with two attached hydrogens (primary N) is 1. The molecule has 0 unspecified atom stereocenters. The van der Waals surface area contributed by atoms with E-state index in [2.05, 4.69) is 5.32 Å². The first kappa shape index (κ1) is 17.1. The lowest BCUT2D eigenvalue weighted by molar-refractivity contribution is -0.123. The highest BCUT2D eigenvalue weighted by Crippen LogP contribution is 2.24. The molecule has 3 N–H and O–H groups in total. The van der Waals surface area contributed by atoms with Gasteiger partial charge in [-0.2, -0.15) is 0 Å². The number of benzene rings is 2. The zero-order valence-electron chi connectivity index (χ0n) is 12.2. The quantitative estimate of drug-likeness (QED) is 0.648. The maximum absolute atomic E-state index is 12.1. The van der Waals surface area contributed by atoms with Crippen LogP contribution < -0.4 is 11.1 Å². The molecule has 0 saturated carbocycles. The van der Waals surface area contributed by atoms with E-state index in [4.69, 9.17) is 33.7 Å². The Labute approximate surface area is 143 Å². The van der Waals surface area contributed by atoms with Gasteiger partial charge in [-0.05, 0) is 31.2 Å². The summed E-state index contributed by atoms with van der Waals surface area (Å²) in [4.78, 5) is 24.2. The fraction of sp³-hybridized carbons (Fsp3) is 0.125. The van der Waals surface area contributed by atoms with E-state index in [9.17, 15) is 9.59 Å². The molecule has 0 aromatic heterocycles. The lowest BCUT2D eigenvalue weighted by atomic mass is 10.2. The summed E-state index contributed by atoms with van der Waals surface area (Å²) in [6.07, 6.45) is -1.03. The summed E-state index contributed by atoms with van der Waals surface area (Å²) in [5, 5.41) is 3.22. The Balaban J connectivity index is 2.05. The van der Waals surface area contributed by atoms with Crippen LogP contribution in [0.2, 0.25) is 10.0 Å². The van der Waals surface area contributed by atoms with Gasteiger partial charge in [-0.15, -0.1) is 0 Å². The van der Waals surface area contributed by atoms with E-state index in [1.807, 2.05) is 0 Å². The van der Waals surface area contributed by atoms with Gasteiger partial charge in [-0.1, -0.05) is 41.4 Å². The molecule has 1 amide bonds. The first-order valence-electron chi connectivity index (χ1n) is 6.70. The Hall–Kier alpha value is -2.24. The van der Waals surface area contributed by atoms with Crippen LogP contribution in [0.5, 0.6) is 0 Å². The third kappa shape index (κ3) is 4.15. The zero-order valence-corrected chi connectivity index (χ0v) is 13.7. The van der Waals surface area contributed by atoms with Gasteiger partial charge in [0.15, 0.2) is 6.10 Å². The minimum Gasteiger partial charge on any atom is -0.449 e. The molecule has 0 saturated heterocycles. The predicted octanol–water partition coefficient (Wildman–Crippen LogP) is 3.76. The van der Waals surface area contributed by atoms with E-state index < -0.39 is 18.0 Å². The van der Waals surface area contributed by atoms with Crippen LogP contribution >= 0.6 is 23.2 Å². The number of rotatable bonds is 4. The van der Waals surface area contributed by atoms with Gasteiger partial charge >= 0.3 is 5.97 Å². The van der Waals surface area contributed by atoms with Gasteiger partial charge in [-0.3, -0.25) is 4.79 Å². The van der Waals surface area contributed by atoms with Crippen LogP contribution in [0.3, 0.4) is 0 Å². The van der Waals surface area contributed by atoms with Crippen molar-refractivity contribution >= 4 is 46.5 Å². The number of anilines is 2. The van der Waals surface area contributed by atoms with Crippen molar-refractivity contribution in [3.63, 3.8) is 0 Å². The molecule has 2 aromatic carbocycles. The van der Waals surface area contributed by atoms with Crippen molar-refractivity contribution in [1.82, 2.24) is 0 Å². The van der Waals surface area contributed by atoms with Crippen molar-refractivity contribution in [2.75, 3.05) is 11.1 Å². The van der Waals surface area contributed by atoms with E-state index in [1.165, 1.54) is 13.0 Å². The molecular weight excluding hydrogens is 339 g/mol. The molecule has 5 nitrogen and oxygen atoms in total. The van der Waals surface area contributed by atoms with Crippen LogP contribution in [-0.4, -0.2) is 18.0 Å². The highest BCUT2D eigenvalue weighted by atomic mass is 35.5. The summed E-state index contributed by atoms with van der Waals surface area (Å²) in [6, 6.07) is 11.4. The fourth-order valence-corrected chi connectivity index (χ4v) is 2.15. The van der Waals surface area contributed by atoms with E-state index in [0.29, 0.717) is 10.7 Å². The molecule has 0 heterocycles. The minimum atomic E-state index is -1.03. The standard InChI is InChI=1S/C16H14Cl2N2O3/c1-9(15(21)20-13-8-3-2-6-11(13)17)23-16(22)10-5-4-7-12(18)14(10)19/h2-9H,19H2,1H3,(H,20,21)/t9-/m0/s1. The summed E-state index contributed by atoms with van der Waals surface area (Å²) in [5.41, 5.74) is 6.38. The van der Waals surface area contributed by atoms with Crippen molar-refractivity contribution in [3.05, 3.63) is 58.1 Å². The van der Waals surface area contributed by atoms with E-state index >= 15 is 0 Å². The number of nitrogen functional groups attached to an aromatic ring is 1. The first-order valence-corrected chi connectivity index (χ1v) is 7.46. The van der Waals surface area contributed by atoms with Gasteiger partial charge in [0, 0.05) is 0 Å². The topological polar surface area (TPSA) is 81.4 Å². The van der Waals surface area contributed by atoms with E-state index in [1.54, 1.807) is 36.4 Å². The van der Waals surface area contributed by atoms with Crippen LogP contribution in [0.1, 0.15) is 17.3 Å². The number of esters is 1. The normalized spacial score (nSPS) is 11.6. The highest BCUT2D eigenvalue weighted by molar-refractivity contribution is 6.34. The summed E-state index contributed by atoms with van der Waals surface area (Å²) >= 11 is 11.8. The Morgan fingerprint density at radius 2 is 1.74 bits per heavy atom. The second-order valence-electron chi connectivity index (χ2n) is 4.72. The van der Waals surface area contributed by atoms with Crippen molar-refractivity contribution < 1.29 is 14.3 Å². The van der Waals surface area contributed by atoms with Crippen molar-refractivity contribution in [3.8, 4) is 0 Å². The summed E-state index contributed by atoms with van der Waals surface area (Å²) < 4.78 is 5.11. The van der Waals surface area contributed by atoms with E-state index in [0.717, 1.165) is 0 Å². The minimum absolute atomic E-state index is 0.106. The molecule has 7 heteroatoms. The molecule has 0 aliphatic carbocycles. The van der Waals surface area contributed by atoms with Crippen LogP contribution in [0.25, 0.3) is 0 Å². The van der Waals surface area contributed by atoms with Gasteiger partial charge in [0.1, 0.15) is 0 Å². The lowest BCUT2D eigenvalue weighted by Crippen LogP contribution is -2.30. The molecule has 0 fully saturated rings. The highest BCUT2D eigenvalue weighted by Gasteiger charge is 2.21. The van der Waals surface area contributed by atoms with Gasteiger partial charge in [0.2, 0.25) is 0 Å². The maximum Gasteiger partial charge on any atom is 0.341 e.